The number of rotatable bonds is 1. The summed E-state index contributed by atoms with van der Waals surface area (Å²) in [5.74, 6) is 1.54. The maximum absolute atomic E-state index is 10.4. The highest BCUT2D eigenvalue weighted by atomic mass is 16.3. The van der Waals surface area contributed by atoms with E-state index in [1.165, 1.54) is 38.5 Å². The second kappa shape index (κ2) is 5.33. The molecule has 4 aliphatic rings. The van der Waals surface area contributed by atoms with Crippen LogP contribution in [0.3, 0.4) is 0 Å². The molecule has 0 aromatic heterocycles. The van der Waals surface area contributed by atoms with E-state index in [0.717, 1.165) is 31.1 Å². The molecule has 0 aliphatic heterocycles. The Morgan fingerprint density at radius 2 is 1.75 bits per heavy atom. The Bertz CT molecular complexity index is 564. The van der Waals surface area contributed by atoms with Gasteiger partial charge in [0.05, 0.1) is 12.2 Å². The molecule has 4 rings (SSSR count). The molecular formula is C22H36O2. The van der Waals surface area contributed by atoms with Gasteiger partial charge in [0.1, 0.15) is 0 Å². The fraction of sp³-hybridized carbons (Fsp3) is 0.909. The van der Waals surface area contributed by atoms with E-state index in [2.05, 4.69) is 20.8 Å². The first-order valence-corrected chi connectivity index (χ1v) is 10.3. The maximum Gasteiger partial charge on any atom is 0.0602 e. The minimum absolute atomic E-state index is 0.0325. The zero-order chi connectivity index (χ0) is 17.3. The van der Waals surface area contributed by atoms with Crippen molar-refractivity contribution in [3.05, 3.63) is 11.1 Å². The molecule has 0 aromatic carbocycles. The third-order valence-electron chi connectivity index (χ3n) is 9.44. The molecule has 2 saturated carbocycles. The van der Waals surface area contributed by atoms with Gasteiger partial charge in [-0.15, -0.1) is 0 Å². The van der Waals surface area contributed by atoms with Gasteiger partial charge >= 0.3 is 0 Å². The lowest BCUT2D eigenvalue weighted by Crippen LogP contribution is -2.55. The quantitative estimate of drug-likeness (QED) is 0.674. The van der Waals surface area contributed by atoms with Crippen LogP contribution >= 0.6 is 0 Å². The summed E-state index contributed by atoms with van der Waals surface area (Å²) in [6, 6.07) is 0. The van der Waals surface area contributed by atoms with Gasteiger partial charge in [0.25, 0.3) is 0 Å². The van der Waals surface area contributed by atoms with E-state index in [-0.39, 0.29) is 17.6 Å². The summed E-state index contributed by atoms with van der Waals surface area (Å²) in [7, 11) is 0. The zero-order valence-electron chi connectivity index (χ0n) is 16.1. The van der Waals surface area contributed by atoms with E-state index in [4.69, 9.17) is 0 Å². The third-order valence-corrected chi connectivity index (χ3v) is 9.44. The van der Waals surface area contributed by atoms with Crippen LogP contribution in [-0.4, -0.2) is 22.4 Å². The molecule has 2 nitrogen and oxygen atoms in total. The average molecular weight is 333 g/mol. The van der Waals surface area contributed by atoms with E-state index in [0.29, 0.717) is 10.8 Å². The molecule has 2 fully saturated rings. The van der Waals surface area contributed by atoms with Crippen molar-refractivity contribution in [1.82, 2.24) is 0 Å². The summed E-state index contributed by atoms with van der Waals surface area (Å²) in [6.07, 6.45) is 10.3. The molecule has 0 radical (unpaired) electrons. The lowest BCUT2D eigenvalue weighted by molar-refractivity contribution is -0.130. The van der Waals surface area contributed by atoms with Crippen LogP contribution in [0.1, 0.15) is 85.5 Å². The molecule has 24 heavy (non-hydrogen) atoms. The number of fused-ring (bicyclic) bond motifs is 4. The van der Waals surface area contributed by atoms with Gasteiger partial charge in [-0.25, -0.2) is 0 Å². The topological polar surface area (TPSA) is 40.5 Å². The molecule has 7 atom stereocenters. The summed E-state index contributed by atoms with van der Waals surface area (Å²) < 4.78 is 0. The Balaban J connectivity index is 1.69. The van der Waals surface area contributed by atoms with Crippen molar-refractivity contribution in [2.75, 3.05) is 0 Å². The smallest absolute Gasteiger partial charge is 0.0602 e. The Hall–Kier alpha value is -0.340. The number of aliphatic hydroxyl groups is 2. The van der Waals surface area contributed by atoms with Gasteiger partial charge in [-0.3, -0.25) is 0 Å². The fourth-order valence-electron chi connectivity index (χ4n) is 7.38. The molecule has 0 amide bonds. The first-order valence-electron chi connectivity index (χ1n) is 10.3. The van der Waals surface area contributed by atoms with Gasteiger partial charge in [-0.2, -0.15) is 0 Å². The maximum atomic E-state index is 10.4. The van der Waals surface area contributed by atoms with Crippen molar-refractivity contribution in [3.63, 3.8) is 0 Å². The van der Waals surface area contributed by atoms with Crippen molar-refractivity contribution < 1.29 is 10.2 Å². The van der Waals surface area contributed by atoms with Crippen molar-refractivity contribution in [3.8, 4) is 0 Å². The summed E-state index contributed by atoms with van der Waals surface area (Å²) in [5, 5.41) is 20.7. The van der Waals surface area contributed by atoms with Gasteiger partial charge in [0.2, 0.25) is 0 Å². The largest absolute Gasteiger partial charge is 0.393 e. The first-order chi connectivity index (χ1) is 11.2. The predicted molar refractivity (Wildman–Crippen MR) is 97.6 cm³/mol. The third kappa shape index (κ3) is 2.08. The Labute approximate surface area is 147 Å². The molecule has 0 spiro atoms. The van der Waals surface area contributed by atoms with Gasteiger partial charge < -0.3 is 10.2 Å². The number of hydrogen-bond acceptors (Lipinski definition) is 2. The lowest BCUT2D eigenvalue weighted by atomic mass is 9.43. The van der Waals surface area contributed by atoms with Crippen LogP contribution in [0.5, 0.6) is 0 Å². The zero-order valence-corrected chi connectivity index (χ0v) is 16.1. The summed E-state index contributed by atoms with van der Waals surface area (Å²) in [5.41, 5.74) is 4.10. The highest BCUT2D eigenvalue weighted by molar-refractivity contribution is 5.35. The van der Waals surface area contributed by atoms with Crippen molar-refractivity contribution >= 4 is 0 Å². The molecule has 0 saturated heterocycles. The molecule has 2 heteroatoms. The molecule has 0 heterocycles. The van der Waals surface area contributed by atoms with E-state index in [1.54, 1.807) is 11.1 Å². The van der Waals surface area contributed by atoms with Crippen LogP contribution in [0.25, 0.3) is 0 Å². The van der Waals surface area contributed by atoms with Crippen LogP contribution < -0.4 is 0 Å². The molecule has 0 aromatic rings. The number of aliphatic hydroxyl groups excluding tert-OH is 2. The van der Waals surface area contributed by atoms with Crippen LogP contribution in [0.2, 0.25) is 0 Å². The van der Waals surface area contributed by atoms with Crippen molar-refractivity contribution in [1.29, 1.82) is 0 Å². The first kappa shape index (κ1) is 17.1. The Kier molecular flexibility index (Phi) is 3.80. The van der Waals surface area contributed by atoms with Gasteiger partial charge in [0.15, 0.2) is 0 Å². The summed E-state index contributed by atoms with van der Waals surface area (Å²) >= 11 is 0. The second-order valence-electron chi connectivity index (χ2n) is 10.3. The van der Waals surface area contributed by atoms with Gasteiger partial charge in [-0.05, 0) is 87.4 Å². The molecular weight excluding hydrogens is 296 g/mol. The fourth-order valence-corrected chi connectivity index (χ4v) is 7.38. The molecule has 0 bridgehead atoms. The summed E-state index contributed by atoms with van der Waals surface area (Å²) in [4.78, 5) is 0. The van der Waals surface area contributed by atoms with E-state index in [1.807, 2.05) is 6.92 Å². The van der Waals surface area contributed by atoms with Crippen molar-refractivity contribution in [2.24, 2.45) is 28.1 Å². The van der Waals surface area contributed by atoms with Gasteiger partial charge in [0, 0.05) is 5.41 Å². The Morgan fingerprint density at radius 1 is 1.00 bits per heavy atom. The minimum atomic E-state index is -0.226. The highest BCUT2D eigenvalue weighted by Gasteiger charge is 2.59. The minimum Gasteiger partial charge on any atom is -0.393 e. The van der Waals surface area contributed by atoms with Gasteiger partial charge in [-0.1, -0.05) is 31.9 Å². The van der Waals surface area contributed by atoms with Crippen LogP contribution in [0.15, 0.2) is 11.1 Å². The summed E-state index contributed by atoms with van der Waals surface area (Å²) in [6.45, 7) is 9.30. The van der Waals surface area contributed by atoms with Crippen molar-refractivity contribution in [2.45, 2.75) is 97.7 Å². The lowest BCUT2D eigenvalue weighted by Gasteiger charge is -2.62. The SMILES string of the molecule is C[C@H](O)[C@]1(C)CCC2=C1CC[C@@H]1[C@@H]2CC[C@]2(C)C[C@H](O)CC[C@]12C. The monoisotopic (exact) mass is 332 g/mol. The number of allylic oxidation sites excluding steroid dienone is 1. The molecule has 2 N–H and O–H groups in total. The molecule has 4 aliphatic carbocycles. The normalized spacial score (nSPS) is 52.5. The average Bonchev–Trinajstić information content (AvgIpc) is 2.88. The number of hydrogen-bond donors (Lipinski definition) is 2. The van der Waals surface area contributed by atoms with E-state index in [9.17, 15) is 10.2 Å². The second-order valence-corrected chi connectivity index (χ2v) is 10.3. The van der Waals surface area contributed by atoms with E-state index >= 15 is 0 Å². The van der Waals surface area contributed by atoms with Crippen LogP contribution in [-0.2, 0) is 0 Å². The van der Waals surface area contributed by atoms with E-state index < -0.39 is 0 Å². The highest BCUT2D eigenvalue weighted by Crippen LogP contribution is 2.68. The predicted octanol–water partition coefficient (Wildman–Crippen LogP) is 4.84. The van der Waals surface area contributed by atoms with Crippen LogP contribution in [0.4, 0.5) is 0 Å². The molecule has 0 unspecified atom stereocenters. The molecule has 136 valence electrons. The van der Waals surface area contributed by atoms with Crippen LogP contribution in [0, 0.1) is 28.1 Å². The standard InChI is InChI=1S/C22H36O2/c1-14(23)21(3)11-9-16-17-8-10-20(2)13-15(24)7-12-22(20,4)19(17)6-5-18(16)21/h14-15,17,19,23-24H,5-13H2,1-4H3/t14-,15+,17+,19+,20+,21-,22+/m0/s1. The Morgan fingerprint density at radius 3 is 2.46 bits per heavy atom.